The number of halogens is 4. The van der Waals surface area contributed by atoms with Crippen LogP contribution in [0.2, 0.25) is 5.02 Å². The van der Waals surface area contributed by atoms with Crippen molar-refractivity contribution in [1.82, 2.24) is 4.90 Å². The molecule has 2 aromatic carbocycles. The highest BCUT2D eigenvalue weighted by Gasteiger charge is 2.34. The van der Waals surface area contributed by atoms with E-state index in [1.165, 1.54) is 6.07 Å². The Morgan fingerprint density at radius 2 is 1.93 bits per heavy atom. The van der Waals surface area contributed by atoms with Crippen LogP contribution in [0.25, 0.3) is 0 Å². The molecule has 144 valence electrons. The molecule has 0 saturated carbocycles. The number of carbonyl (C=O) groups is 1. The van der Waals surface area contributed by atoms with Crippen molar-refractivity contribution >= 4 is 23.3 Å². The molecule has 0 aliphatic carbocycles. The molecule has 1 atom stereocenters. The smallest absolute Gasteiger partial charge is 0.417 e. The van der Waals surface area contributed by atoms with Crippen molar-refractivity contribution in [2.24, 2.45) is 0 Å². The Hall–Kier alpha value is -2.41. The summed E-state index contributed by atoms with van der Waals surface area (Å²) in [7, 11) is 1.58. The van der Waals surface area contributed by atoms with E-state index in [9.17, 15) is 18.0 Å². The number of nitrogens with one attached hydrogen (secondary N) is 1. The molecule has 0 radical (unpaired) electrons. The van der Waals surface area contributed by atoms with E-state index >= 15 is 0 Å². The molecule has 1 saturated heterocycles. The van der Waals surface area contributed by atoms with Gasteiger partial charge >= 0.3 is 12.2 Å². The number of hydrogen-bond donors (Lipinski definition) is 1. The van der Waals surface area contributed by atoms with Crippen molar-refractivity contribution in [2.45, 2.75) is 25.1 Å². The summed E-state index contributed by atoms with van der Waals surface area (Å²) in [5.41, 5.74) is 0.0303. The maximum Gasteiger partial charge on any atom is 0.417 e. The molecular formula is C19H18ClF3N2O2. The number of anilines is 1. The van der Waals surface area contributed by atoms with Crippen LogP contribution < -0.4 is 10.1 Å². The number of nitrogens with zero attached hydrogens (tertiary/aromatic N) is 1. The zero-order valence-electron chi connectivity index (χ0n) is 14.5. The molecule has 27 heavy (non-hydrogen) atoms. The molecule has 4 nitrogen and oxygen atoms in total. The van der Waals surface area contributed by atoms with E-state index in [0.29, 0.717) is 12.3 Å². The molecule has 1 fully saturated rings. The SMILES string of the molecule is COc1ccc(C2CCCN2C(=O)Nc2ccc(Cl)c(C(F)(F)F)c2)cc1. The van der Waals surface area contributed by atoms with Crippen LogP contribution in [-0.2, 0) is 6.18 Å². The Bertz CT molecular complexity index is 825. The Labute approximate surface area is 159 Å². The first-order chi connectivity index (χ1) is 12.8. The highest BCUT2D eigenvalue weighted by atomic mass is 35.5. The first kappa shape index (κ1) is 19.4. The number of likely N-dealkylation sites (tertiary alicyclic amines) is 1. The van der Waals surface area contributed by atoms with Gasteiger partial charge in [-0.2, -0.15) is 13.2 Å². The molecule has 2 aromatic rings. The fourth-order valence-corrected chi connectivity index (χ4v) is 3.42. The van der Waals surface area contributed by atoms with Crippen LogP contribution in [0.5, 0.6) is 5.75 Å². The lowest BCUT2D eigenvalue weighted by Crippen LogP contribution is -2.34. The van der Waals surface area contributed by atoms with Gasteiger partial charge in [-0.15, -0.1) is 0 Å². The van der Waals surface area contributed by atoms with Gasteiger partial charge in [0.05, 0.1) is 23.7 Å². The van der Waals surface area contributed by atoms with E-state index in [-0.39, 0.29) is 11.7 Å². The summed E-state index contributed by atoms with van der Waals surface area (Å²) in [5, 5.41) is 2.14. The van der Waals surface area contributed by atoms with E-state index in [4.69, 9.17) is 16.3 Å². The fraction of sp³-hybridized carbons (Fsp3) is 0.316. The minimum absolute atomic E-state index is 0.0529. The molecular weight excluding hydrogens is 381 g/mol. The quantitative estimate of drug-likeness (QED) is 0.716. The molecule has 0 spiro atoms. The number of alkyl halides is 3. The number of ether oxygens (including phenoxy) is 1. The second-order valence-corrected chi connectivity index (χ2v) is 6.65. The second-order valence-electron chi connectivity index (χ2n) is 6.25. The minimum Gasteiger partial charge on any atom is -0.497 e. The maximum absolute atomic E-state index is 13.0. The zero-order valence-corrected chi connectivity index (χ0v) is 15.3. The van der Waals surface area contributed by atoms with Gasteiger partial charge < -0.3 is 15.0 Å². The highest BCUT2D eigenvalue weighted by Crippen LogP contribution is 2.37. The Balaban J connectivity index is 1.77. The lowest BCUT2D eigenvalue weighted by atomic mass is 10.0. The van der Waals surface area contributed by atoms with Gasteiger partial charge in [0, 0.05) is 12.2 Å². The van der Waals surface area contributed by atoms with Crippen LogP contribution in [-0.4, -0.2) is 24.6 Å². The topological polar surface area (TPSA) is 41.6 Å². The predicted molar refractivity (Wildman–Crippen MR) is 97.1 cm³/mol. The third-order valence-electron chi connectivity index (χ3n) is 4.54. The zero-order chi connectivity index (χ0) is 19.6. The molecule has 0 aromatic heterocycles. The second kappa shape index (κ2) is 7.68. The molecule has 2 amide bonds. The Morgan fingerprint density at radius 1 is 1.22 bits per heavy atom. The normalized spacial score (nSPS) is 17.1. The number of methoxy groups -OCH3 is 1. The third-order valence-corrected chi connectivity index (χ3v) is 4.87. The molecule has 1 aliphatic heterocycles. The van der Waals surface area contributed by atoms with Crippen molar-refractivity contribution < 1.29 is 22.7 Å². The molecule has 1 N–H and O–H groups in total. The van der Waals surface area contributed by atoms with E-state index in [1.807, 2.05) is 24.3 Å². The molecule has 1 aliphatic rings. The van der Waals surface area contributed by atoms with Crippen LogP contribution in [0.15, 0.2) is 42.5 Å². The van der Waals surface area contributed by atoms with Gasteiger partial charge in [0.1, 0.15) is 5.75 Å². The van der Waals surface area contributed by atoms with Crippen molar-refractivity contribution in [3.63, 3.8) is 0 Å². The van der Waals surface area contributed by atoms with E-state index < -0.39 is 22.8 Å². The summed E-state index contributed by atoms with van der Waals surface area (Å²) in [6.45, 7) is 0.530. The van der Waals surface area contributed by atoms with Crippen molar-refractivity contribution in [1.29, 1.82) is 0 Å². The summed E-state index contributed by atoms with van der Waals surface area (Å²) in [6, 6.07) is 10.2. The molecule has 0 bridgehead atoms. The van der Waals surface area contributed by atoms with Gasteiger partial charge in [-0.3, -0.25) is 0 Å². The number of benzene rings is 2. The average molecular weight is 399 g/mol. The van der Waals surface area contributed by atoms with Crippen molar-refractivity contribution in [3.05, 3.63) is 58.6 Å². The van der Waals surface area contributed by atoms with Crippen LogP contribution >= 0.6 is 11.6 Å². The average Bonchev–Trinajstić information content (AvgIpc) is 3.12. The summed E-state index contributed by atoms with van der Waals surface area (Å²) in [6.07, 6.45) is -2.98. The highest BCUT2D eigenvalue weighted by molar-refractivity contribution is 6.31. The van der Waals surface area contributed by atoms with Gasteiger partial charge in [-0.25, -0.2) is 4.79 Å². The minimum atomic E-state index is -4.59. The lowest BCUT2D eigenvalue weighted by molar-refractivity contribution is -0.137. The maximum atomic E-state index is 13.0. The number of amides is 2. The number of carbonyl (C=O) groups excluding carboxylic acids is 1. The molecule has 8 heteroatoms. The van der Waals surface area contributed by atoms with Crippen molar-refractivity contribution in [3.8, 4) is 5.75 Å². The third kappa shape index (κ3) is 4.30. The summed E-state index contributed by atoms with van der Waals surface area (Å²) < 4.78 is 44.1. The standard InChI is InChI=1S/C19H18ClF3N2O2/c1-27-14-7-4-12(5-8-14)17-3-2-10-25(17)18(26)24-13-6-9-16(20)15(11-13)19(21,22)23/h4-9,11,17H,2-3,10H2,1H3,(H,24,26). The molecule has 1 unspecified atom stereocenters. The van der Waals surface area contributed by atoms with E-state index in [2.05, 4.69) is 5.32 Å². The van der Waals surface area contributed by atoms with E-state index in [0.717, 1.165) is 30.5 Å². The molecule has 3 rings (SSSR count). The first-order valence-electron chi connectivity index (χ1n) is 8.38. The number of rotatable bonds is 3. The van der Waals surface area contributed by atoms with Gasteiger partial charge in [-0.1, -0.05) is 23.7 Å². The monoisotopic (exact) mass is 398 g/mol. The van der Waals surface area contributed by atoms with Gasteiger partial charge in [0.2, 0.25) is 0 Å². The fourth-order valence-electron chi connectivity index (χ4n) is 3.20. The van der Waals surface area contributed by atoms with E-state index in [1.54, 1.807) is 12.0 Å². The number of urea groups is 1. The van der Waals surface area contributed by atoms with Crippen LogP contribution in [0.1, 0.15) is 30.0 Å². The van der Waals surface area contributed by atoms with Crippen molar-refractivity contribution in [2.75, 3.05) is 19.0 Å². The summed E-state index contributed by atoms with van der Waals surface area (Å²) >= 11 is 5.62. The lowest BCUT2D eigenvalue weighted by Gasteiger charge is -2.25. The first-order valence-corrected chi connectivity index (χ1v) is 8.75. The van der Waals surface area contributed by atoms with Crippen LogP contribution in [0.3, 0.4) is 0 Å². The van der Waals surface area contributed by atoms with Gasteiger partial charge in [0.15, 0.2) is 0 Å². The number of hydrogen-bond acceptors (Lipinski definition) is 2. The predicted octanol–water partition coefficient (Wildman–Crippen LogP) is 5.74. The summed E-state index contributed by atoms with van der Waals surface area (Å²) in [5.74, 6) is 0.716. The van der Waals surface area contributed by atoms with Gasteiger partial charge in [-0.05, 0) is 48.7 Å². The Morgan fingerprint density at radius 3 is 2.56 bits per heavy atom. The van der Waals surface area contributed by atoms with Crippen LogP contribution in [0, 0.1) is 0 Å². The largest absolute Gasteiger partial charge is 0.497 e. The summed E-state index contributed by atoms with van der Waals surface area (Å²) in [4.78, 5) is 14.3. The van der Waals surface area contributed by atoms with Gasteiger partial charge in [0.25, 0.3) is 0 Å². The molecule has 1 heterocycles. The van der Waals surface area contributed by atoms with Crippen LogP contribution in [0.4, 0.5) is 23.7 Å². The Kier molecular flexibility index (Phi) is 5.51.